The maximum absolute atomic E-state index is 12.7. The van der Waals surface area contributed by atoms with Crippen LogP contribution in [0.1, 0.15) is 35.2 Å². The molecule has 1 amide bonds. The Morgan fingerprint density at radius 2 is 1.82 bits per heavy atom. The molecule has 2 aromatic carbocycles. The first-order valence-electron chi connectivity index (χ1n) is 10.4. The van der Waals surface area contributed by atoms with Crippen molar-refractivity contribution in [2.75, 3.05) is 13.7 Å². The van der Waals surface area contributed by atoms with Crippen molar-refractivity contribution in [2.24, 2.45) is 5.92 Å². The molecule has 0 fully saturated rings. The number of ether oxygens (including phenoxy) is 3. The van der Waals surface area contributed by atoms with E-state index in [-0.39, 0.29) is 30.1 Å². The number of benzene rings is 2. The smallest absolute Gasteiger partial charge is 0.497 e. The van der Waals surface area contributed by atoms with Crippen LogP contribution in [0.15, 0.2) is 60.7 Å². The van der Waals surface area contributed by atoms with Gasteiger partial charge in [0.2, 0.25) is 0 Å². The van der Waals surface area contributed by atoms with Crippen LogP contribution in [0.25, 0.3) is 0 Å². The molecular weight excluding hydrogens is 439 g/mol. The van der Waals surface area contributed by atoms with E-state index in [9.17, 15) is 22.8 Å². The molecular formula is C24H24F3NO5. The molecule has 3 rings (SSSR count). The summed E-state index contributed by atoms with van der Waals surface area (Å²) >= 11 is 0. The van der Waals surface area contributed by atoms with Gasteiger partial charge in [0.25, 0.3) is 5.91 Å². The molecule has 2 aromatic rings. The molecule has 33 heavy (non-hydrogen) atoms. The third-order valence-corrected chi connectivity index (χ3v) is 5.20. The van der Waals surface area contributed by atoms with Gasteiger partial charge in [0.1, 0.15) is 11.5 Å². The van der Waals surface area contributed by atoms with E-state index in [1.165, 1.54) is 12.1 Å². The highest BCUT2D eigenvalue weighted by atomic mass is 19.4. The molecule has 0 aliphatic heterocycles. The first kappa shape index (κ1) is 24.2. The van der Waals surface area contributed by atoms with Gasteiger partial charge >= 0.3 is 12.3 Å². The zero-order valence-corrected chi connectivity index (χ0v) is 18.1. The number of amides is 1. The lowest BCUT2D eigenvalue weighted by atomic mass is 9.85. The number of nitrogens with one attached hydrogen (secondary N) is 1. The monoisotopic (exact) mass is 463 g/mol. The second-order valence-electron chi connectivity index (χ2n) is 7.44. The molecule has 0 radical (unpaired) electrons. The average molecular weight is 463 g/mol. The molecule has 0 unspecified atom stereocenters. The van der Waals surface area contributed by atoms with Crippen molar-refractivity contribution >= 4 is 11.9 Å². The number of methoxy groups -OCH3 is 1. The maximum Gasteiger partial charge on any atom is 0.573 e. The fraction of sp³-hybridized carbons (Fsp3) is 0.333. The van der Waals surface area contributed by atoms with Gasteiger partial charge in [0.15, 0.2) is 0 Å². The molecule has 9 heteroatoms. The van der Waals surface area contributed by atoms with Gasteiger partial charge in [-0.2, -0.15) is 0 Å². The number of rotatable bonds is 8. The van der Waals surface area contributed by atoms with Gasteiger partial charge in [-0.3, -0.25) is 9.59 Å². The van der Waals surface area contributed by atoms with Gasteiger partial charge < -0.3 is 19.5 Å². The molecule has 1 aliphatic rings. The molecule has 1 aliphatic carbocycles. The zero-order chi connectivity index (χ0) is 24.0. The van der Waals surface area contributed by atoms with Gasteiger partial charge in [0, 0.05) is 11.6 Å². The van der Waals surface area contributed by atoms with Gasteiger partial charge in [-0.05, 0) is 61.2 Å². The fourth-order valence-corrected chi connectivity index (χ4v) is 3.77. The van der Waals surface area contributed by atoms with Crippen molar-refractivity contribution in [1.29, 1.82) is 0 Å². The number of hydrogen-bond acceptors (Lipinski definition) is 5. The summed E-state index contributed by atoms with van der Waals surface area (Å²) in [6.45, 7) is 1.98. The summed E-state index contributed by atoms with van der Waals surface area (Å²) in [5.41, 5.74) is 0.936. The second kappa shape index (κ2) is 10.4. The van der Waals surface area contributed by atoms with Crippen LogP contribution in [0.2, 0.25) is 0 Å². The van der Waals surface area contributed by atoms with Gasteiger partial charge in [-0.15, -0.1) is 13.2 Å². The summed E-state index contributed by atoms with van der Waals surface area (Å²) in [5.74, 6) is -1.39. The molecule has 0 heterocycles. The Kier molecular flexibility index (Phi) is 7.63. The van der Waals surface area contributed by atoms with Crippen molar-refractivity contribution in [3.05, 3.63) is 71.8 Å². The average Bonchev–Trinajstić information content (AvgIpc) is 3.21. The topological polar surface area (TPSA) is 73.9 Å². The Labute approximate surface area is 189 Å². The quantitative estimate of drug-likeness (QED) is 0.457. The molecule has 0 spiro atoms. The highest BCUT2D eigenvalue weighted by Crippen LogP contribution is 2.36. The van der Waals surface area contributed by atoms with E-state index in [4.69, 9.17) is 9.47 Å². The summed E-state index contributed by atoms with van der Waals surface area (Å²) in [6.07, 6.45) is -0.671. The van der Waals surface area contributed by atoms with Crippen molar-refractivity contribution < 1.29 is 37.0 Å². The Morgan fingerprint density at radius 1 is 1.09 bits per heavy atom. The van der Waals surface area contributed by atoms with Crippen LogP contribution in [0.3, 0.4) is 0 Å². The number of esters is 1. The summed E-state index contributed by atoms with van der Waals surface area (Å²) in [7, 11) is 1.54. The number of carbonyl (C=O) groups is 2. The predicted octanol–water partition coefficient (Wildman–Crippen LogP) is 4.62. The molecule has 3 atom stereocenters. The summed E-state index contributed by atoms with van der Waals surface area (Å²) in [5, 5.41) is 2.83. The lowest BCUT2D eigenvalue weighted by molar-refractivity contribution is -0.274. The molecule has 176 valence electrons. The first-order valence-corrected chi connectivity index (χ1v) is 10.4. The summed E-state index contributed by atoms with van der Waals surface area (Å²) < 4.78 is 51.2. The van der Waals surface area contributed by atoms with E-state index >= 15 is 0 Å². The van der Waals surface area contributed by atoms with Gasteiger partial charge in [-0.25, -0.2) is 0 Å². The predicted molar refractivity (Wildman–Crippen MR) is 114 cm³/mol. The third-order valence-electron chi connectivity index (χ3n) is 5.20. The number of halogens is 3. The Bertz CT molecular complexity index is 1000. The normalized spacial score (nSPS) is 18.5. The van der Waals surface area contributed by atoms with Crippen LogP contribution >= 0.6 is 0 Å². The molecule has 0 bridgehead atoms. The van der Waals surface area contributed by atoms with Crippen molar-refractivity contribution in [3.8, 4) is 11.5 Å². The van der Waals surface area contributed by atoms with E-state index < -0.39 is 23.9 Å². The molecule has 0 aromatic heterocycles. The molecule has 6 nitrogen and oxygen atoms in total. The van der Waals surface area contributed by atoms with E-state index in [1.54, 1.807) is 38.3 Å². The minimum absolute atomic E-state index is 0.191. The zero-order valence-electron chi connectivity index (χ0n) is 18.1. The summed E-state index contributed by atoms with van der Waals surface area (Å²) in [4.78, 5) is 25.3. The highest BCUT2D eigenvalue weighted by molar-refractivity contribution is 5.94. The minimum Gasteiger partial charge on any atom is -0.497 e. The molecule has 0 saturated heterocycles. The van der Waals surface area contributed by atoms with Crippen LogP contribution in [0, 0.1) is 5.92 Å². The van der Waals surface area contributed by atoms with E-state index in [2.05, 4.69) is 10.1 Å². The van der Waals surface area contributed by atoms with Crippen LogP contribution in [-0.2, 0) is 9.53 Å². The Balaban J connectivity index is 1.67. The van der Waals surface area contributed by atoms with Crippen molar-refractivity contribution in [2.45, 2.75) is 31.7 Å². The Morgan fingerprint density at radius 3 is 2.45 bits per heavy atom. The van der Waals surface area contributed by atoms with Crippen LogP contribution < -0.4 is 14.8 Å². The van der Waals surface area contributed by atoms with Crippen LogP contribution in [0.4, 0.5) is 13.2 Å². The van der Waals surface area contributed by atoms with E-state index in [0.29, 0.717) is 12.2 Å². The van der Waals surface area contributed by atoms with Crippen LogP contribution in [0.5, 0.6) is 11.5 Å². The van der Waals surface area contributed by atoms with Crippen molar-refractivity contribution in [3.63, 3.8) is 0 Å². The Hall–Kier alpha value is -3.49. The molecule has 0 saturated carbocycles. The standard InChI is InChI=1S/C24H24F3NO5/c1-3-32-23(30)21(16-5-4-6-20(14-16)31-2)17-7-10-18(13-17)28-22(29)15-8-11-19(12-9-15)33-24(25,26)27/h4-12,14,17-18,21H,3,13H2,1-2H3,(H,28,29)/t17-,18+,21+/m0/s1. The largest absolute Gasteiger partial charge is 0.573 e. The van der Waals surface area contributed by atoms with E-state index in [0.717, 1.165) is 17.7 Å². The number of hydrogen-bond donors (Lipinski definition) is 1. The minimum atomic E-state index is -4.80. The molecule has 1 N–H and O–H groups in total. The van der Waals surface area contributed by atoms with Crippen LogP contribution in [-0.4, -0.2) is 38.0 Å². The number of allylic oxidation sites excluding steroid dienone is 1. The lowest BCUT2D eigenvalue weighted by Crippen LogP contribution is -2.33. The first-order chi connectivity index (χ1) is 15.7. The fourth-order valence-electron chi connectivity index (χ4n) is 3.77. The summed E-state index contributed by atoms with van der Waals surface area (Å²) in [6, 6.07) is 11.5. The SMILES string of the molecule is CCOC(=O)[C@H](c1cccc(OC)c1)[C@H]1C=C[C@@H](NC(=O)c2ccc(OC(F)(F)F)cc2)C1. The highest BCUT2D eigenvalue weighted by Gasteiger charge is 2.35. The maximum atomic E-state index is 12.7. The third kappa shape index (κ3) is 6.50. The van der Waals surface area contributed by atoms with Gasteiger partial charge in [-0.1, -0.05) is 24.3 Å². The van der Waals surface area contributed by atoms with Crippen molar-refractivity contribution in [1.82, 2.24) is 5.32 Å². The van der Waals surface area contributed by atoms with Gasteiger partial charge in [0.05, 0.1) is 19.6 Å². The number of alkyl halides is 3. The second-order valence-corrected chi connectivity index (χ2v) is 7.44. The van der Waals surface area contributed by atoms with E-state index in [1.807, 2.05) is 12.1 Å². The lowest BCUT2D eigenvalue weighted by Gasteiger charge is -2.23. The number of carbonyl (C=O) groups excluding carboxylic acids is 2.